The van der Waals surface area contributed by atoms with E-state index in [1.165, 1.54) is 11.3 Å². The number of hydrogen-bond donors (Lipinski definition) is 2. The van der Waals surface area contributed by atoms with Gasteiger partial charge in [0.05, 0.1) is 5.69 Å². The SMILES string of the molecule is CCCc1cnc(Nc2nc(C3CCN(C(=O)C(C)(C)NC(=O)OC(C)(C)C)CC3)nc(C)c2F)s1. The molecule has 0 atom stereocenters. The molecule has 0 spiro atoms. The smallest absolute Gasteiger partial charge is 0.408 e. The number of nitrogens with zero attached hydrogens (tertiary/aromatic N) is 4. The van der Waals surface area contributed by atoms with Crippen LogP contribution in [0.25, 0.3) is 0 Å². The second-order valence-electron chi connectivity index (χ2n) is 10.7. The van der Waals surface area contributed by atoms with Gasteiger partial charge in [-0.3, -0.25) is 4.79 Å². The number of carbonyl (C=O) groups excluding carboxylic acids is 2. The molecule has 9 nitrogen and oxygen atoms in total. The van der Waals surface area contributed by atoms with Gasteiger partial charge in [-0.2, -0.15) is 0 Å². The number of carbonyl (C=O) groups is 2. The summed E-state index contributed by atoms with van der Waals surface area (Å²) < 4.78 is 20.1. The molecule has 36 heavy (non-hydrogen) atoms. The molecule has 1 fully saturated rings. The monoisotopic (exact) mass is 520 g/mol. The van der Waals surface area contributed by atoms with Crippen molar-refractivity contribution in [2.75, 3.05) is 18.4 Å². The quantitative estimate of drug-likeness (QED) is 0.524. The Labute approximate surface area is 216 Å². The summed E-state index contributed by atoms with van der Waals surface area (Å²) in [6, 6.07) is 0. The van der Waals surface area contributed by atoms with E-state index in [4.69, 9.17) is 4.74 Å². The molecule has 0 bridgehead atoms. The number of ether oxygens (including phenoxy) is 1. The van der Waals surface area contributed by atoms with Gasteiger partial charge in [-0.15, -0.1) is 11.3 Å². The summed E-state index contributed by atoms with van der Waals surface area (Å²) >= 11 is 1.49. The summed E-state index contributed by atoms with van der Waals surface area (Å²) in [5.74, 6) is -0.00977. The highest BCUT2D eigenvalue weighted by Gasteiger charge is 2.37. The summed E-state index contributed by atoms with van der Waals surface area (Å²) in [5.41, 5.74) is -1.49. The largest absolute Gasteiger partial charge is 0.444 e. The molecule has 11 heteroatoms. The van der Waals surface area contributed by atoms with Crippen LogP contribution in [0.5, 0.6) is 0 Å². The van der Waals surface area contributed by atoms with E-state index in [-0.39, 0.29) is 23.3 Å². The Morgan fingerprint density at radius 3 is 2.47 bits per heavy atom. The average molecular weight is 521 g/mol. The van der Waals surface area contributed by atoms with Gasteiger partial charge in [0.15, 0.2) is 16.8 Å². The van der Waals surface area contributed by atoms with Crippen LogP contribution < -0.4 is 10.6 Å². The fourth-order valence-corrected chi connectivity index (χ4v) is 4.94. The van der Waals surface area contributed by atoms with E-state index < -0.39 is 23.1 Å². The van der Waals surface area contributed by atoms with Crippen LogP contribution in [0.3, 0.4) is 0 Å². The van der Waals surface area contributed by atoms with E-state index in [9.17, 15) is 14.0 Å². The predicted molar refractivity (Wildman–Crippen MR) is 138 cm³/mol. The van der Waals surface area contributed by atoms with Gasteiger partial charge in [0.2, 0.25) is 5.91 Å². The molecule has 1 aliphatic rings. The number of rotatable bonds is 7. The standard InChI is InChI=1S/C25H37FN6O3S/c1-8-9-17-14-27-22(36-17)30-20-18(26)15(2)28-19(29-20)16-10-12-32(13-11-16)21(33)25(6,7)31-23(34)35-24(3,4)5/h14,16H,8-13H2,1-7H3,(H,31,34)(H,27,28,29,30). The van der Waals surface area contributed by atoms with Gasteiger partial charge < -0.3 is 20.3 Å². The number of likely N-dealkylation sites (tertiary alicyclic amines) is 1. The van der Waals surface area contributed by atoms with Crippen LogP contribution in [0.2, 0.25) is 0 Å². The topological polar surface area (TPSA) is 109 Å². The van der Waals surface area contributed by atoms with Gasteiger partial charge in [0.1, 0.15) is 17.0 Å². The lowest BCUT2D eigenvalue weighted by Crippen LogP contribution is -2.57. The average Bonchev–Trinajstić information content (AvgIpc) is 3.21. The Morgan fingerprint density at radius 1 is 1.19 bits per heavy atom. The predicted octanol–water partition coefficient (Wildman–Crippen LogP) is 5.09. The first-order valence-corrected chi connectivity index (χ1v) is 13.2. The minimum atomic E-state index is -1.11. The third-order valence-electron chi connectivity index (χ3n) is 5.80. The maximum absolute atomic E-state index is 14.8. The second kappa shape index (κ2) is 11.1. The van der Waals surface area contributed by atoms with Crippen LogP contribution in [0.1, 0.15) is 83.1 Å². The fourth-order valence-electron chi connectivity index (χ4n) is 4.02. The molecule has 3 heterocycles. The number of aryl methyl sites for hydroxylation is 2. The van der Waals surface area contributed by atoms with E-state index in [1.54, 1.807) is 52.6 Å². The van der Waals surface area contributed by atoms with Crippen LogP contribution >= 0.6 is 11.3 Å². The number of anilines is 2. The lowest BCUT2D eigenvalue weighted by atomic mass is 9.93. The zero-order valence-corrected chi connectivity index (χ0v) is 23.0. The van der Waals surface area contributed by atoms with Crippen molar-refractivity contribution in [3.05, 3.63) is 28.4 Å². The Bertz CT molecular complexity index is 1090. The molecule has 0 radical (unpaired) electrons. The van der Waals surface area contributed by atoms with Crippen molar-refractivity contribution in [2.45, 2.75) is 91.2 Å². The molecule has 2 aromatic rings. The second-order valence-corrected chi connectivity index (χ2v) is 11.8. The number of aromatic nitrogens is 3. The molecule has 1 aliphatic heterocycles. The number of amides is 2. The summed E-state index contributed by atoms with van der Waals surface area (Å²) in [5, 5.41) is 6.29. The van der Waals surface area contributed by atoms with E-state index in [0.717, 1.165) is 17.7 Å². The Balaban J connectivity index is 1.65. The Hall–Kier alpha value is -2.82. The Kier molecular flexibility index (Phi) is 8.53. The molecule has 0 saturated carbocycles. The maximum atomic E-state index is 14.8. The highest BCUT2D eigenvalue weighted by molar-refractivity contribution is 7.15. The van der Waals surface area contributed by atoms with Crippen LogP contribution in [0.4, 0.5) is 20.1 Å². The maximum Gasteiger partial charge on any atom is 0.408 e. The lowest BCUT2D eigenvalue weighted by Gasteiger charge is -2.37. The van der Waals surface area contributed by atoms with E-state index in [0.29, 0.717) is 36.9 Å². The third kappa shape index (κ3) is 7.11. The number of halogens is 1. The van der Waals surface area contributed by atoms with Crippen LogP contribution in [-0.2, 0) is 16.0 Å². The van der Waals surface area contributed by atoms with E-state index in [2.05, 4.69) is 32.5 Å². The molecule has 2 amide bonds. The van der Waals surface area contributed by atoms with Crippen molar-refractivity contribution in [3.63, 3.8) is 0 Å². The molecule has 3 rings (SSSR count). The minimum absolute atomic E-state index is 0.0113. The highest BCUT2D eigenvalue weighted by Crippen LogP contribution is 2.30. The molecule has 2 N–H and O–H groups in total. The fraction of sp³-hybridized carbons (Fsp3) is 0.640. The normalized spacial score (nSPS) is 15.1. The number of hydrogen-bond acceptors (Lipinski definition) is 8. The van der Waals surface area contributed by atoms with Crippen molar-refractivity contribution < 1.29 is 18.7 Å². The van der Waals surface area contributed by atoms with Crippen LogP contribution in [-0.4, -0.2) is 56.1 Å². The van der Waals surface area contributed by atoms with Crippen molar-refractivity contribution in [2.24, 2.45) is 0 Å². The first-order valence-electron chi connectivity index (χ1n) is 12.4. The van der Waals surface area contributed by atoms with Crippen molar-refractivity contribution >= 4 is 34.3 Å². The summed E-state index contributed by atoms with van der Waals surface area (Å²) in [6.45, 7) is 13.3. The van der Waals surface area contributed by atoms with Gasteiger partial charge in [-0.1, -0.05) is 13.3 Å². The first-order chi connectivity index (χ1) is 16.8. The molecule has 198 valence electrons. The number of piperidine rings is 1. The minimum Gasteiger partial charge on any atom is -0.444 e. The summed E-state index contributed by atoms with van der Waals surface area (Å²) in [6.07, 6.45) is 4.38. The van der Waals surface area contributed by atoms with Gasteiger partial charge in [0.25, 0.3) is 0 Å². The zero-order chi connectivity index (χ0) is 26.7. The number of alkyl carbamates (subject to hydrolysis) is 1. The van der Waals surface area contributed by atoms with Crippen molar-refractivity contribution in [3.8, 4) is 0 Å². The molecular weight excluding hydrogens is 483 g/mol. The number of nitrogens with one attached hydrogen (secondary N) is 2. The lowest BCUT2D eigenvalue weighted by molar-refractivity contribution is -0.138. The zero-order valence-electron chi connectivity index (χ0n) is 22.2. The van der Waals surface area contributed by atoms with E-state index >= 15 is 0 Å². The molecule has 2 aromatic heterocycles. The molecule has 0 unspecified atom stereocenters. The third-order valence-corrected chi connectivity index (χ3v) is 6.78. The first kappa shape index (κ1) is 27.8. The molecule has 1 saturated heterocycles. The summed E-state index contributed by atoms with van der Waals surface area (Å²) in [4.78, 5) is 41.4. The summed E-state index contributed by atoms with van der Waals surface area (Å²) in [7, 11) is 0. The molecular formula is C25H37FN6O3S. The van der Waals surface area contributed by atoms with Crippen LogP contribution in [0.15, 0.2) is 6.20 Å². The Morgan fingerprint density at radius 2 is 1.86 bits per heavy atom. The van der Waals surface area contributed by atoms with Gasteiger partial charge in [-0.05, 0) is 60.8 Å². The van der Waals surface area contributed by atoms with Crippen molar-refractivity contribution in [1.82, 2.24) is 25.2 Å². The van der Waals surface area contributed by atoms with Crippen LogP contribution in [0, 0.1) is 12.7 Å². The van der Waals surface area contributed by atoms with E-state index in [1.807, 2.05) is 0 Å². The van der Waals surface area contributed by atoms with Crippen molar-refractivity contribution in [1.29, 1.82) is 0 Å². The number of thiazole rings is 1. The van der Waals surface area contributed by atoms with Gasteiger partial charge in [-0.25, -0.2) is 24.1 Å². The molecule has 0 aliphatic carbocycles. The molecule has 0 aromatic carbocycles. The highest BCUT2D eigenvalue weighted by atomic mass is 32.1. The van der Waals surface area contributed by atoms with Gasteiger partial charge >= 0.3 is 6.09 Å². The van der Waals surface area contributed by atoms with Gasteiger partial charge in [0, 0.05) is 30.1 Å².